The summed E-state index contributed by atoms with van der Waals surface area (Å²) in [6.45, 7) is 0. The average Bonchev–Trinajstić information content (AvgIpc) is 3.32. The van der Waals surface area contributed by atoms with E-state index in [-0.39, 0.29) is 12.3 Å². The van der Waals surface area contributed by atoms with Gasteiger partial charge in [0, 0.05) is 6.07 Å². The lowest BCUT2D eigenvalue weighted by molar-refractivity contribution is -0.115. The van der Waals surface area contributed by atoms with Crippen LogP contribution in [0.4, 0.5) is 5.82 Å². The Balaban J connectivity index is 1.73. The highest BCUT2D eigenvalue weighted by atomic mass is 16.5. The monoisotopic (exact) mass is 359 g/mol. The van der Waals surface area contributed by atoms with Crippen molar-refractivity contribution in [3.63, 3.8) is 0 Å². The van der Waals surface area contributed by atoms with Gasteiger partial charge in [0.25, 0.3) is 0 Å². The number of amides is 1. The highest BCUT2D eigenvalue weighted by Gasteiger charge is 2.21. The van der Waals surface area contributed by atoms with Crippen molar-refractivity contribution in [1.82, 2.24) is 9.78 Å². The molecular formula is C19H25N3O4. The van der Waals surface area contributed by atoms with E-state index in [0.717, 1.165) is 24.2 Å². The van der Waals surface area contributed by atoms with Gasteiger partial charge >= 0.3 is 0 Å². The number of carbonyl (C=O) groups excluding carboxylic acids is 1. The van der Waals surface area contributed by atoms with Crippen LogP contribution in [0.1, 0.15) is 37.3 Å². The fraction of sp³-hybridized carbons (Fsp3) is 0.474. The molecule has 1 fully saturated rings. The third kappa shape index (κ3) is 3.76. The van der Waals surface area contributed by atoms with Crippen LogP contribution in [0.5, 0.6) is 17.2 Å². The van der Waals surface area contributed by atoms with Crippen molar-refractivity contribution >= 4 is 11.7 Å². The number of nitrogens with one attached hydrogen (secondary N) is 1. The van der Waals surface area contributed by atoms with Gasteiger partial charge in [-0.15, -0.1) is 0 Å². The Morgan fingerprint density at radius 1 is 1.15 bits per heavy atom. The molecule has 1 saturated carbocycles. The number of rotatable bonds is 7. The summed E-state index contributed by atoms with van der Waals surface area (Å²) in [7, 11) is 4.67. The quantitative estimate of drug-likeness (QED) is 0.822. The molecule has 1 aliphatic rings. The summed E-state index contributed by atoms with van der Waals surface area (Å²) in [5.41, 5.74) is 0.781. The van der Waals surface area contributed by atoms with Crippen LogP contribution in [-0.4, -0.2) is 37.0 Å². The van der Waals surface area contributed by atoms with E-state index in [1.54, 1.807) is 39.7 Å². The summed E-state index contributed by atoms with van der Waals surface area (Å²) in [5.74, 6) is 2.21. The predicted octanol–water partition coefficient (Wildman–Crippen LogP) is 3.21. The molecule has 7 nitrogen and oxygen atoms in total. The average molecular weight is 359 g/mol. The van der Waals surface area contributed by atoms with Crippen LogP contribution in [0, 0.1) is 0 Å². The second-order valence-electron chi connectivity index (χ2n) is 6.36. The van der Waals surface area contributed by atoms with Gasteiger partial charge in [0.2, 0.25) is 11.7 Å². The minimum Gasteiger partial charge on any atom is -0.493 e. The molecule has 0 unspecified atom stereocenters. The molecule has 26 heavy (non-hydrogen) atoms. The van der Waals surface area contributed by atoms with Crippen LogP contribution in [0.25, 0.3) is 0 Å². The second-order valence-corrected chi connectivity index (χ2v) is 6.36. The van der Waals surface area contributed by atoms with Gasteiger partial charge in [-0.3, -0.25) is 4.79 Å². The number of carbonyl (C=O) groups is 1. The number of nitrogens with zero attached hydrogens (tertiary/aromatic N) is 2. The zero-order chi connectivity index (χ0) is 18.5. The largest absolute Gasteiger partial charge is 0.493 e. The van der Waals surface area contributed by atoms with Gasteiger partial charge in [-0.05, 0) is 30.5 Å². The number of methoxy groups -OCH3 is 3. The Kier molecular flexibility index (Phi) is 5.65. The Bertz CT molecular complexity index is 741. The van der Waals surface area contributed by atoms with Crippen molar-refractivity contribution in [2.75, 3.05) is 26.6 Å². The van der Waals surface area contributed by atoms with Crippen LogP contribution >= 0.6 is 0 Å². The van der Waals surface area contributed by atoms with E-state index in [2.05, 4.69) is 10.4 Å². The van der Waals surface area contributed by atoms with E-state index in [9.17, 15) is 4.79 Å². The minimum atomic E-state index is -0.112. The van der Waals surface area contributed by atoms with Gasteiger partial charge in [0.05, 0.1) is 40.0 Å². The molecule has 1 aliphatic carbocycles. The first kappa shape index (κ1) is 18.1. The summed E-state index contributed by atoms with van der Waals surface area (Å²) < 4.78 is 17.9. The highest BCUT2D eigenvalue weighted by molar-refractivity contribution is 5.91. The summed E-state index contributed by atoms with van der Waals surface area (Å²) >= 11 is 0. The molecular weight excluding hydrogens is 334 g/mol. The van der Waals surface area contributed by atoms with Crippen molar-refractivity contribution in [1.29, 1.82) is 0 Å². The van der Waals surface area contributed by atoms with Crippen LogP contribution in [0.2, 0.25) is 0 Å². The molecule has 2 aromatic rings. The molecule has 0 saturated heterocycles. The molecule has 1 heterocycles. The topological polar surface area (TPSA) is 74.6 Å². The van der Waals surface area contributed by atoms with Crippen molar-refractivity contribution in [2.24, 2.45) is 0 Å². The number of ether oxygens (including phenoxy) is 3. The zero-order valence-corrected chi connectivity index (χ0v) is 15.4. The Hall–Kier alpha value is -2.70. The van der Waals surface area contributed by atoms with Crippen LogP contribution in [0.3, 0.4) is 0 Å². The molecule has 1 amide bonds. The summed E-state index contributed by atoms with van der Waals surface area (Å²) in [6.07, 6.45) is 6.57. The molecule has 7 heteroatoms. The lowest BCUT2D eigenvalue weighted by Gasteiger charge is -2.16. The van der Waals surface area contributed by atoms with Gasteiger partial charge in [-0.25, -0.2) is 4.68 Å². The number of benzene rings is 1. The Morgan fingerprint density at radius 2 is 1.81 bits per heavy atom. The molecule has 1 aromatic carbocycles. The van der Waals surface area contributed by atoms with E-state index in [1.807, 2.05) is 10.7 Å². The Morgan fingerprint density at radius 3 is 2.38 bits per heavy atom. The number of aromatic nitrogens is 2. The van der Waals surface area contributed by atoms with E-state index in [1.165, 1.54) is 12.8 Å². The fourth-order valence-corrected chi connectivity index (χ4v) is 3.46. The fourth-order valence-electron chi connectivity index (χ4n) is 3.46. The molecule has 0 radical (unpaired) electrons. The molecule has 0 atom stereocenters. The maximum atomic E-state index is 12.5. The molecule has 0 spiro atoms. The smallest absolute Gasteiger partial charge is 0.229 e. The van der Waals surface area contributed by atoms with Gasteiger partial charge in [-0.1, -0.05) is 12.8 Å². The van der Waals surface area contributed by atoms with Gasteiger partial charge in [-0.2, -0.15) is 5.10 Å². The van der Waals surface area contributed by atoms with Crippen molar-refractivity contribution in [3.05, 3.63) is 30.0 Å². The van der Waals surface area contributed by atoms with E-state index < -0.39 is 0 Å². The second kappa shape index (κ2) is 8.12. The normalized spacial score (nSPS) is 14.3. The first-order valence-corrected chi connectivity index (χ1v) is 8.78. The van der Waals surface area contributed by atoms with Crippen LogP contribution in [-0.2, 0) is 11.2 Å². The third-order valence-corrected chi connectivity index (χ3v) is 4.70. The molecule has 1 aromatic heterocycles. The van der Waals surface area contributed by atoms with Crippen molar-refractivity contribution in [2.45, 2.75) is 38.1 Å². The van der Waals surface area contributed by atoms with Crippen molar-refractivity contribution < 1.29 is 19.0 Å². The number of anilines is 1. The Labute approximate surface area is 153 Å². The van der Waals surface area contributed by atoms with Gasteiger partial charge < -0.3 is 19.5 Å². The van der Waals surface area contributed by atoms with E-state index in [0.29, 0.717) is 23.3 Å². The molecule has 140 valence electrons. The standard InChI is InChI=1S/C19H25N3O4/c1-24-15-10-13(11-16(25-2)19(15)26-3)12-18(23)21-17-8-9-20-22(17)14-6-4-5-7-14/h8-11,14H,4-7,12H2,1-3H3,(H,21,23). The SMILES string of the molecule is COc1cc(CC(=O)Nc2ccnn2C2CCCC2)cc(OC)c1OC. The zero-order valence-electron chi connectivity index (χ0n) is 15.4. The van der Waals surface area contributed by atoms with Gasteiger partial charge in [0.1, 0.15) is 5.82 Å². The van der Waals surface area contributed by atoms with E-state index >= 15 is 0 Å². The molecule has 0 bridgehead atoms. The van der Waals surface area contributed by atoms with Crippen molar-refractivity contribution in [3.8, 4) is 17.2 Å². The third-order valence-electron chi connectivity index (χ3n) is 4.70. The molecule has 3 rings (SSSR count). The van der Waals surface area contributed by atoms with Crippen LogP contribution < -0.4 is 19.5 Å². The minimum absolute atomic E-state index is 0.112. The number of hydrogen-bond acceptors (Lipinski definition) is 5. The van der Waals surface area contributed by atoms with Gasteiger partial charge in [0.15, 0.2) is 11.5 Å². The highest BCUT2D eigenvalue weighted by Crippen LogP contribution is 2.38. The molecule has 1 N–H and O–H groups in total. The molecule has 0 aliphatic heterocycles. The maximum Gasteiger partial charge on any atom is 0.229 e. The predicted molar refractivity (Wildman–Crippen MR) is 98.2 cm³/mol. The maximum absolute atomic E-state index is 12.5. The lowest BCUT2D eigenvalue weighted by atomic mass is 10.1. The number of hydrogen-bond donors (Lipinski definition) is 1. The summed E-state index contributed by atoms with van der Waals surface area (Å²) in [5, 5.41) is 7.35. The lowest BCUT2D eigenvalue weighted by Crippen LogP contribution is -2.19. The first-order valence-electron chi connectivity index (χ1n) is 8.78. The first-order chi connectivity index (χ1) is 12.7. The van der Waals surface area contributed by atoms with Crippen LogP contribution in [0.15, 0.2) is 24.4 Å². The van der Waals surface area contributed by atoms with E-state index in [4.69, 9.17) is 14.2 Å². The summed E-state index contributed by atoms with van der Waals surface area (Å²) in [6, 6.07) is 5.79. The summed E-state index contributed by atoms with van der Waals surface area (Å²) in [4.78, 5) is 12.5.